The minimum atomic E-state index is 0.731. The molecule has 1 aliphatic rings. The summed E-state index contributed by atoms with van der Waals surface area (Å²) in [5.41, 5.74) is 18.4. The standard InChI is InChI=1S/C19H25N3/c20-10-4-12-22(13-5-11-21)19-9-3-8-17-16-7-2-1-6-15(16)14-18(17)19/h1-3,6-9H,4-5,10-14,20-21H2. The fourth-order valence-corrected chi connectivity index (χ4v) is 3.35. The number of hydrogen-bond donors (Lipinski definition) is 2. The Morgan fingerprint density at radius 1 is 0.818 bits per heavy atom. The lowest BCUT2D eigenvalue weighted by Gasteiger charge is -2.27. The lowest BCUT2D eigenvalue weighted by molar-refractivity contribution is 0.700. The Morgan fingerprint density at radius 3 is 2.23 bits per heavy atom. The van der Waals surface area contributed by atoms with Crippen LogP contribution in [0.3, 0.4) is 0 Å². The summed E-state index contributed by atoms with van der Waals surface area (Å²) >= 11 is 0. The van der Waals surface area contributed by atoms with E-state index in [1.807, 2.05) is 0 Å². The molecule has 0 aliphatic heterocycles. The van der Waals surface area contributed by atoms with Gasteiger partial charge in [0.25, 0.3) is 0 Å². The van der Waals surface area contributed by atoms with Gasteiger partial charge in [-0.15, -0.1) is 0 Å². The number of rotatable bonds is 7. The molecule has 1 aliphatic carbocycles. The van der Waals surface area contributed by atoms with Gasteiger partial charge in [0.05, 0.1) is 0 Å². The number of benzene rings is 2. The van der Waals surface area contributed by atoms with Crippen molar-refractivity contribution in [2.45, 2.75) is 19.3 Å². The number of hydrogen-bond acceptors (Lipinski definition) is 3. The molecule has 4 N–H and O–H groups in total. The van der Waals surface area contributed by atoms with Crippen molar-refractivity contribution in [1.82, 2.24) is 0 Å². The summed E-state index contributed by atoms with van der Waals surface area (Å²) in [7, 11) is 0. The lowest BCUT2D eigenvalue weighted by Crippen LogP contribution is -2.29. The maximum Gasteiger partial charge on any atom is 0.0408 e. The van der Waals surface area contributed by atoms with E-state index in [-0.39, 0.29) is 0 Å². The Hall–Kier alpha value is -1.84. The SMILES string of the molecule is NCCCN(CCCN)c1cccc2c1Cc1ccccc1-2. The minimum absolute atomic E-state index is 0.731. The first-order valence-electron chi connectivity index (χ1n) is 8.20. The predicted molar refractivity (Wildman–Crippen MR) is 94.2 cm³/mol. The Labute approximate surface area is 132 Å². The molecule has 0 heterocycles. The van der Waals surface area contributed by atoms with Crippen LogP contribution in [0, 0.1) is 0 Å². The zero-order valence-corrected chi connectivity index (χ0v) is 13.1. The van der Waals surface area contributed by atoms with E-state index in [0.717, 1.165) is 45.4 Å². The van der Waals surface area contributed by atoms with Gasteiger partial charge >= 0.3 is 0 Å². The molecule has 2 aromatic carbocycles. The van der Waals surface area contributed by atoms with Crippen LogP contribution < -0.4 is 16.4 Å². The number of nitrogens with zero attached hydrogens (tertiary/aromatic N) is 1. The minimum Gasteiger partial charge on any atom is -0.371 e. The van der Waals surface area contributed by atoms with Crippen molar-refractivity contribution in [3.63, 3.8) is 0 Å². The van der Waals surface area contributed by atoms with Gasteiger partial charge in [0, 0.05) is 25.2 Å². The third-order valence-electron chi connectivity index (χ3n) is 4.43. The van der Waals surface area contributed by atoms with E-state index < -0.39 is 0 Å². The second-order valence-electron chi connectivity index (χ2n) is 5.91. The van der Waals surface area contributed by atoms with E-state index in [0.29, 0.717) is 0 Å². The van der Waals surface area contributed by atoms with Crippen LogP contribution in [0.25, 0.3) is 11.1 Å². The van der Waals surface area contributed by atoms with Crippen molar-refractivity contribution >= 4 is 5.69 Å². The Kier molecular flexibility index (Phi) is 4.76. The second-order valence-corrected chi connectivity index (χ2v) is 5.91. The Morgan fingerprint density at radius 2 is 1.50 bits per heavy atom. The van der Waals surface area contributed by atoms with E-state index >= 15 is 0 Å². The van der Waals surface area contributed by atoms with Gasteiger partial charge in [-0.3, -0.25) is 0 Å². The molecule has 0 aromatic heterocycles. The predicted octanol–water partition coefficient (Wildman–Crippen LogP) is 2.76. The number of anilines is 1. The van der Waals surface area contributed by atoms with Crippen LogP contribution in [0.4, 0.5) is 5.69 Å². The fraction of sp³-hybridized carbons (Fsp3) is 0.368. The van der Waals surface area contributed by atoms with Crippen molar-refractivity contribution < 1.29 is 0 Å². The molecule has 116 valence electrons. The molecule has 0 radical (unpaired) electrons. The zero-order chi connectivity index (χ0) is 15.4. The highest BCUT2D eigenvalue weighted by Gasteiger charge is 2.22. The summed E-state index contributed by atoms with van der Waals surface area (Å²) in [6, 6.07) is 15.4. The van der Waals surface area contributed by atoms with Gasteiger partial charge in [-0.25, -0.2) is 0 Å². The van der Waals surface area contributed by atoms with Crippen molar-refractivity contribution in [3.05, 3.63) is 53.6 Å². The number of fused-ring (bicyclic) bond motifs is 3. The molecule has 0 spiro atoms. The zero-order valence-electron chi connectivity index (χ0n) is 13.1. The maximum atomic E-state index is 5.71. The highest BCUT2D eigenvalue weighted by Crippen LogP contribution is 2.41. The average Bonchev–Trinajstić information content (AvgIpc) is 2.94. The molecular formula is C19H25N3. The maximum absolute atomic E-state index is 5.71. The van der Waals surface area contributed by atoms with Crippen LogP contribution in [-0.2, 0) is 6.42 Å². The smallest absolute Gasteiger partial charge is 0.0408 e. The molecule has 3 heteroatoms. The second kappa shape index (κ2) is 6.95. The van der Waals surface area contributed by atoms with Gasteiger partial charge in [-0.05, 0) is 54.3 Å². The summed E-state index contributed by atoms with van der Waals surface area (Å²) in [6.45, 7) is 3.47. The van der Waals surface area contributed by atoms with E-state index in [1.165, 1.54) is 27.9 Å². The molecule has 0 unspecified atom stereocenters. The summed E-state index contributed by atoms with van der Waals surface area (Å²) < 4.78 is 0. The van der Waals surface area contributed by atoms with Crippen molar-refractivity contribution in [1.29, 1.82) is 0 Å². The largest absolute Gasteiger partial charge is 0.371 e. The highest BCUT2D eigenvalue weighted by atomic mass is 15.1. The molecule has 0 amide bonds. The average molecular weight is 295 g/mol. The van der Waals surface area contributed by atoms with Gasteiger partial charge in [0.15, 0.2) is 0 Å². The fourth-order valence-electron chi connectivity index (χ4n) is 3.35. The van der Waals surface area contributed by atoms with Crippen LogP contribution in [0.2, 0.25) is 0 Å². The first kappa shape index (κ1) is 15.1. The summed E-state index contributed by atoms with van der Waals surface area (Å²) in [4.78, 5) is 2.46. The monoisotopic (exact) mass is 295 g/mol. The number of nitrogens with two attached hydrogens (primary N) is 2. The highest BCUT2D eigenvalue weighted by molar-refractivity contribution is 5.82. The first-order chi connectivity index (χ1) is 10.8. The first-order valence-corrected chi connectivity index (χ1v) is 8.20. The summed E-state index contributed by atoms with van der Waals surface area (Å²) in [6.07, 6.45) is 3.06. The summed E-state index contributed by atoms with van der Waals surface area (Å²) in [5.74, 6) is 0. The van der Waals surface area contributed by atoms with E-state index in [4.69, 9.17) is 11.5 Å². The summed E-state index contributed by atoms with van der Waals surface area (Å²) in [5, 5.41) is 0. The molecule has 3 rings (SSSR count). The van der Waals surface area contributed by atoms with Gasteiger partial charge < -0.3 is 16.4 Å². The quantitative estimate of drug-likeness (QED) is 0.704. The van der Waals surface area contributed by atoms with Gasteiger partial charge in [0.1, 0.15) is 0 Å². The molecule has 0 saturated heterocycles. The third-order valence-corrected chi connectivity index (χ3v) is 4.43. The van der Waals surface area contributed by atoms with E-state index in [9.17, 15) is 0 Å². The topological polar surface area (TPSA) is 55.3 Å². The molecule has 0 atom stereocenters. The van der Waals surface area contributed by atoms with Crippen molar-refractivity contribution in [3.8, 4) is 11.1 Å². The Balaban J connectivity index is 1.94. The molecule has 2 aromatic rings. The molecule has 3 nitrogen and oxygen atoms in total. The van der Waals surface area contributed by atoms with Crippen LogP contribution in [-0.4, -0.2) is 26.2 Å². The van der Waals surface area contributed by atoms with Gasteiger partial charge in [0.2, 0.25) is 0 Å². The Bertz CT molecular complexity index is 628. The lowest BCUT2D eigenvalue weighted by atomic mass is 10.0. The molecule has 0 saturated carbocycles. The van der Waals surface area contributed by atoms with Crippen LogP contribution >= 0.6 is 0 Å². The van der Waals surface area contributed by atoms with E-state index in [1.54, 1.807) is 0 Å². The van der Waals surface area contributed by atoms with E-state index in [2.05, 4.69) is 47.4 Å². The van der Waals surface area contributed by atoms with Crippen LogP contribution in [0.1, 0.15) is 24.0 Å². The van der Waals surface area contributed by atoms with Crippen molar-refractivity contribution in [2.24, 2.45) is 11.5 Å². The molecule has 0 fully saturated rings. The van der Waals surface area contributed by atoms with Gasteiger partial charge in [-0.2, -0.15) is 0 Å². The normalized spacial score (nSPS) is 12.1. The molecule has 22 heavy (non-hydrogen) atoms. The van der Waals surface area contributed by atoms with Crippen molar-refractivity contribution in [2.75, 3.05) is 31.1 Å². The van der Waals surface area contributed by atoms with Crippen LogP contribution in [0.5, 0.6) is 0 Å². The van der Waals surface area contributed by atoms with Crippen LogP contribution in [0.15, 0.2) is 42.5 Å². The third kappa shape index (κ3) is 2.87. The molecular weight excluding hydrogens is 270 g/mol. The molecule has 0 bridgehead atoms. The van der Waals surface area contributed by atoms with Gasteiger partial charge in [-0.1, -0.05) is 36.4 Å².